The zero-order chi connectivity index (χ0) is 24.8. The van der Waals surface area contributed by atoms with E-state index in [0.717, 1.165) is 30.6 Å². The molecule has 1 aliphatic heterocycles. The lowest BCUT2D eigenvalue weighted by atomic mass is 9.83. The molecule has 0 aromatic heterocycles. The minimum absolute atomic E-state index is 0.0255. The van der Waals surface area contributed by atoms with Crippen LogP contribution in [0.15, 0.2) is 78.2 Å². The summed E-state index contributed by atoms with van der Waals surface area (Å²) >= 11 is 0. The van der Waals surface area contributed by atoms with E-state index in [1.54, 1.807) is 18.2 Å². The highest BCUT2D eigenvalue weighted by atomic mass is 19.1. The van der Waals surface area contributed by atoms with Crippen molar-refractivity contribution >= 4 is 5.97 Å². The number of hydrogen-bond acceptors (Lipinski definition) is 6. The molecule has 7 heteroatoms. The first-order chi connectivity index (χ1) is 17.0. The van der Waals surface area contributed by atoms with Gasteiger partial charge in [-0.2, -0.15) is 5.26 Å². The van der Waals surface area contributed by atoms with E-state index in [-0.39, 0.29) is 22.8 Å². The average Bonchev–Trinajstić information content (AvgIpc) is 2.86. The van der Waals surface area contributed by atoms with Crippen LogP contribution in [-0.2, 0) is 0 Å². The standard InChI is InChI=1S/C28H25FN2O4/c1-2-3-6-15-33-19-11-9-18(10-12-19)26-22-14-13-20(16-25(22)35-27(31)23(26)17-30)34-28(32)21-7-4-5-8-24(21)29/h4-5,7-14,16,26H,2-3,6,15,31H2,1H3. The van der Waals surface area contributed by atoms with Crippen LogP contribution in [0.3, 0.4) is 0 Å². The summed E-state index contributed by atoms with van der Waals surface area (Å²) in [6.45, 7) is 2.79. The second kappa shape index (κ2) is 10.7. The van der Waals surface area contributed by atoms with Crippen molar-refractivity contribution in [3.63, 3.8) is 0 Å². The summed E-state index contributed by atoms with van der Waals surface area (Å²) in [4.78, 5) is 12.4. The average molecular weight is 473 g/mol. The molecule has 0 bridgehead atoms. The molecule has 0 saturated heterocycles. The number of halogens is 1. The second-order valence-corrected chi connectivity index (χ2v) is 8.12. The van der Waals surface area contributed by atoms with Gasteiger partial charge in [0.1, 0.15) is 34.7 Å². The number of nitrogens with zero attached hydrogens (tertiary/aromatic N) is 1. The Morgan fingerprint density at radius 2 is 1.83 bits per heavy atom. The fraction of sp³-hybridized carbons (Fsp3) is 0.214. The number of unbranched alkanes of at least 4 members (excludes halogenated alkanes) is 2. The first-order valence-corrected chi connectivity index (χ1v) is 11.4. The summed E-state index contributed by atoms with van der Waals surface area (Å²) < 4.78 is 30.8. The molecule has 0 radical (unpaired) electrons. The molecule has 3 aromatic carbocycles. The quantitative estimate of drug-likeness (QED) is 0.252. The zero-order valence-corrected chi connectivity index (χ0v) is 19.3. The van der Waals surface area contributed by atoms with Crippen LogP contribution in [-0.4, -0.2) is 12.6 Å². The van der Waals surface area contributed by atoms with Crippen LogP contribution in [0.1, 0.15) is 53.6 Å². The Hall–Kier alpha value is -4.31. The van der Waals surface area contributed by atoms with Crippen molar-refractivity contribution < 1.29 is 23.4 Å². The number of rotatable bonds is 8. The largest absolute Gasteiger partial charge is 0.494 e. The van der Waals surface area contributed by atoms with Gasteiger partial charge in [0.15, 0.2) is 0 Å². The lowest BCUT2D eigenvalue weighted by Crippen LogP contribution is -2.21. The summed E-state index contributed by atoms with van der Waals surface area (Å²) in [7, 11) is 0. The molecule has 6 nitrogen and oxygen atoms in total. The molecule has 1 unspecified atom stereocenters. The van der Waals surface area contributed by atoms with Crippen molar-refractivity contribution in [2.24, 2.45) is 5.73 Å². The van der Waals surface area contributed by atoms with Crippen molar-refractivity contribution in [3.05, 3.63) is 101 Å². The Morgan fingerprint density at radius 1 is 1.09 bits per heavy atom. The predicted molar refractivity (Wildman–Crippen MR) is 129 cm³/mol. The minimum Gasteiger partial charge on any atom is -0.494 e. The van der Waals surface area contributed by atoms with E-state index in [2.05, 4.69) is 13.0 Å². The number of nitrogens with two attached hydrogens (primary N) is 1. The fourth-order valence-corrected chi connectivity index (χ4v) is 3.93. The van der Waals surface area contributed by atoms with E-state index >= 15 is 0 Å². The normalized spacial score (nSPS) is 14.5. The third kappa shape index (κ3) is 5.28. The molecule has 0 amide bonds. The van der Waals surface area contributed by atoms with Gasteiger partial charge >= 0.3 is 5.97 Å². The molecule has 35 heavy (non-hydrogen) atoms. The van der Waals surface area contributed by atoms with E-state index in [9.17, 15) is 14.4 Å². The molecule has 0 fully saturated rings. The number of fused-ring (bicyclic) bond motifs is 1. The predicted octanol–water partition coefficient (Wildman–Crippen LogP) is 5.83. The van der Waals surface area contributed by atoms with Gasteiger partial charge in [0.25, 0.3) is 0 Å². The van der Waals surface area contributed by atoms with Gasteiger partial charge < -0.3 is 19.9 Å². The Morgan fingerprint density at radius 3 is 2.54 bits per heavy atom. The highest BCUT2D eigenvalue weighted by Crippen LogP contribution is 2.43. The van der Waals surface area contributed by atoms with Crippen LogP contribution >= 0.6 is 0 Å². The third-order valence-corrected chi connectivity index (χ3v) is 5.72. The summed E-state index contributed by atoms with van der Waals surface area (Å²) in [5, 5.41) is 9.77. The van der Waals surface area contributed by atoms with Gasteiger partial charge in [-0.15, -0.1) is 0 Å². The monoisotopic (exact) mass is 472 g/mol. The molecular weight excluding hydrogens is 447 g/mol. The Kier molecular flexibility index (Phi) is 7.32. The maximum absolute atomic E-state index is 13.9. The van der Waals surface area contributed by atoms with Gasteiger partial charge in [-0.05, 0) is 42.3 Å². The lowest BCUT2D eigenvalue weighted by Gasteiger charge is -2.26. The number of hydrogen-bond donors (Lipinski definition) is 1. The van der Waals surface area contributed by atoms with Crippen molar-refractivity contribution in [2.45, 2.75) is 32.1 Å². The van der Waals surface area contributed by atoms with Crippen LogP contribution in [0.2, 0.25) is 0 Å². The molecule has 0 aliphatic carbocycles. The fourth-order valence-electron chi connectivity index (χ4n) is 3.93. The summed E-state index contributed by atoms with van der Waals surface area (Å²) in [6.07, 6.45) is 3.23. The number of benzene rings is 3. The number of ether oxygens (including phenoxy) is 3. The van der Waals surface area contributed by atoms with Crippen molar-refractivity contribution in [3.8, 4) is 23.3 Å². The van der Waals surface area contributed by atoms with Gasteiger partial charge in [0.2, 0.25) is 5.88 Å². The summed E-state index contributed by atoms with van der Waals surface area (Å²) in [6, 6.07) is 20.1. The SMILES string of the molecule is CCCCCOc1ccc(C2C(C#N)=C(N)Oc3cc(OC(=O)c4ccccc4F)ccc32)cc1. The highest BCUT2D eigenvalue weighted by Gasteiger charge is 2.31. The van der Waals surface area contributed by atoms with E-state index in [4.69, 9.17) is 19.9 Å². The summed E-state index contributed by atoms with van der Waals surface area (Å²) in [5.41, 5.74) is 7.71. The highest BCUT2D eigenvalue weighted by molar-refractivity contribution is 5.91. The van der Waals surface area contributed by atoms with Gasteiger partial charge in [-0.25, -0.2) is 9.18 Å². The van der Waals surface area contributed by atoms with E-state index in [0.29, 0.717) is 17.9 Å². The van der Waals surface area contributed by atoms with Crippen LogP contribution in [0.25, 0.3) is 0 Å². The van der Waals surface area contributed by atoms with Gasteiger partial charge in [-0.3, -0.25) is 0 Å². The molecule has 0 saturated carbocycles. The van der Waals surface area contributed by atoms with Gasteiger partial charge in [-0.1, -0.05) is 50.1 Å². The Bertz CT molecular complexity index is 1300. The van der Waals surface area contributed by atoms with Gasteiger partial charge in [0.05, 0.1) is 18.1 Å². The molecule has 1 heterocycles. The maximum Gasteiger partial charge on any atom is 0.346 e. The van der Waals surface area contributed by atoms with Crippen LogP contribution in [0, 0.1) is 17.1 Å². The lowest BCUT2D eigenvalue weighted by molar-refractivity contribution is 0.0729. The van der Waals surface area contributed by atoms with Crippen LogP contribution < -0.4 is 19.9 Å². The molecule has 2 N–H and O–H groups in total. The topological polar surface area (TPSA) is 94.6 Å². The minimum atomic E-state index is -0.828. The van der Waals surface area contributed by atoms with Crippen molar-refractivity contribution in [1.29, 1.82) is 5.26 Å². The number of carbonyl (C=O) groups excluding carboxylic acids is 1. The first kappa shape index (κ1) is 23.8. The number of allylic oxidation sites excluding steroid dienone is 1. The molecule has 178 valence electrons. The molecule has 4 rings (SSSR count). The zero-order valence-electron chi connectivity index (χ0n) is 19.3. The Labute approximate surface area is 203 Å². The number of esters is 1. The smallest absolute Gasteiger partial charge is 0.346 e. The van der Waals surface area contributed by atoms with E-state index < -0.39 is 17.7 Å². The second-order valence-electron chi connectivity index (χ2n) is 8.12. The third-order valence-electron chi connectivity index (χ3n) is 5.72. The first-order valence-electron chi connectivity index (χ1n) is 11.4. The van der Waals surface area contributed by atoms with Crippen molar-refractivity contribution in [1.82, 2.24) is 0 Å². The molecule has 1 atom stereocenters. The van der Waals surface area contributed by atoms with Crippen LogP contribution in [0.5, 0.6) is 17.2 Å². The van der Waals surface area contributed by atoms with Gasteiger partial charge in [0, 0.05) is 11.6 Å². The number of nitriles is 1. The maximum atomic E-state index is 13.9. The molecular formula is C28H25FN2O4. The summed E-state index contributed by atoms with van der Waals surface area (Å²) in [5.74, 6) is -0.716. The van der Waals surface area contributed by atoms with Crippen molar-refractivity contribution in [2.75, 3.05) is 6.61 Å². The Balaban J connectivity index is 1.59. The molecule has 1 aliphatic rings. The molecule has 3 aromatic rings. The molecule has 0 spiro atoms. The number of carbonyl (C=O) groups is 1. The van der Waals surface area contributed by atoms with E-state index in [1.807, 2.05) is 24.3 Å². The van der Waals surface area contributed by atoms with E-state index in [1.165, 1.54) is 24.3 Å². The van der Waals surface area contributed by atoms with Crippen LogP contribution in [0.4, 0.5) is 4.39 Å².